The van der Waals surface area contributed by atoms with Crippen molar-refractivity contribution < 1.29 is 4.79 Å². The lowest BCUT2D eigenvalue weighted by atomic mass is 10.4. The van der Waals surface area contributed by atoms with Gasteiger partial charge in [0, 0.05) is 6.54 Å². The third kappa shape index (κ3) is 2.36. The molecule has 1 amide bonds. The summed E-state index contributed by atoms with van der Waals surface area (Å²) in [5.74, 6) is -0.190. The van der Waals surface area contributed by atoms with E-state index in [1.165, 1.54) is 0 Å². The molecule has 3 nitrogen and oxygen atoms in total. The van der Waals surface area contributed by atoms with Crippen molar-refractivity contribution in [3.05, 3.63) is 0 Å². The zero-order valence-corrected chi connectivity index (χ0v) is 7.55. The number of nitriles is 1. The molecule has 0 N–H and O–H groups in total. The van der Waals surface area contributed by atoms with Crippen LogP contribution in [0.15, 0.2) is 0 Å². The number of rotatable bonds is 2. The number of carbonyl (C=O) groups is 1. The van der Waals surface area contributed by atoms with E-state index in [4.69, 9.17) is 5.26 Å². The van der Waals surface area contributed by atoms with Crippen LogP contribution in [0.1, 0.15) is 13.8 Å². The van der Waals surface area contributed by atoms with Crippen molar-refractivity contribution in [3.63, 3.8) is 0 Å². The van der Waals surface area contributed by atoms with E-state index in [1.807, 2.05) is 0 Å². The number of amides is 1. The second-order valence-electron chi connectivity index (χ2n) is 1.80. The van der Waals surface area contributed by atoms with Gasteiger partial charge in [-0.15, -0.1) is 0 Å². The van der Waals surface area contributed by atoms with Gasteiger partial charge in [0.05, 0.1) is 4.83 Å². The first-order valence-corrected chi connectivity index (χ1v) is 3.90. The van der Waals surface area contributed by atoms with Gasteiger partial charge >= 0.3 is 0 Å². The van der Waals surface area contributed by atoms with E-state index in [1.54, 1.807) is 20.0 Å². The Balaban J connectivity index is 4.06. The lowest BCUT2D eigenvalue weighted by molar-refractivity contribution is -0.126. The van der Waals surface area contributed by atoms with Gasteiger partial charge in [0.2, 0.25) is 5.91 Å². The molecule has 0 fully saturated rings. The lowest BCUT2D eigenvalue weighted by Gasteiger charge is -2.11. The molecule has 1 unspecified atom stereocenters. The van der Waals surface area contributed by atoms with E-state index in [-0.39, 0.29) is 10.7 Å². The molecule has 0 aromatic heterocycles. The molecule has 1 atom stereocenters. The van der Waals surface area contributed by atoms with Gasteiger partial charge in [-0.2, -0.15) is 5.26 Å². The van der Waals surface area contributed by atoms with Crippen molar-refractivity contribution in [3.8, 4) is 6.19 Å². The maximum absolute atomic E-state index is 11.0. The molecule has 0 saturated heterocycles. The predicted octanol–water partition coefficient (Wildman–Crippen LogP) is 1.10. The van der Waals surface area contributed by atoms with Gasteiger partial charge in [-0.3, -0.25) is 4.79 Å². The Morgan fingerprint density at radius 3 is 2.50 bits per heavy atom. The largest absolute Gasteiger partial charge is 0.272 e. The summed E-state index contributed by atoms with van der Waals surface area (Å²) in [5.41, 5.74) is 0. The topological polar surface area (TPSA) is 44.1 Å². The monoisotopic (exact) mass is 204 g/mol. The normalized spacial score (nSPS) is 11.8. The highest BCUT2D eigenvalue weighted by atomic mass is 79.9. The molecule has 0 aliphatic heterocycles. The molecule has 4 heteroatoms. The molecular formula is C6H9BrN2O. The van der Waals surface area contributed by atoms with Crippen LogP contribution < -0.4 is 0 Å². The fourth-order valence-electron chi connectivity index (χ4n) is 0.491. The molecular weight excluding hydrogens is 196 g/mol. The van der Waals surface area contributed by atoms with Crippen molar-refractivity contribution in [2.24, 2.45) is 0 Å². The predicted molar refractivity (Wildman–Crippen MR) is 41.4 cm³/mol. The van der Waals surface area contributed by atoms with E-state index in [0.29, 0.717) is 6.54 Å². The molecule has 0 saturated carbocycles. The van der Waals surface area contributed by atoms with Crippen molar-refractivity contribution >= 4 is 21.8 Å². The minimum absolute atomic E-state index is 0.190. The zero-order chi connectivity index (χ0) is 8.15. The SMILES string of the molecule is CCN(C#N)C(=O)C(C)Br. The van der Waals surface area contributed by atoms with Crippen LogP contribution in [0, 0.1) is 11.5 Å². The maximum atomic E-state index is 11.0. The molecule has 0 heterocycles. The number of alkyl halides is 1. The van der Waals surface area contributed by atoms with Gasteiger partial charge < -0.3 is 0 Å². The second-order valence-corrected chi connectivity index (χ2v) is 3.17. The van der Waals surface area contributed by atoms with Crippen LogP contribution in [-0.4, -0.2) is 22.2 Å². The molecule has 0 aromatic rings. The Hall–Kier alpha value is -0.560. The molecule has 0 aromatic carbocycles. The molecule has 0 rings (SSSR count). The average molecular weight is 205 g/mol. The highest BCUT2D eigenvalue weighted by Crippen LogP contribution is 2.02. The first-order valence-electron chi connectivity index (χ1n) is 2.98. The average Bonchev–Trinajstić information content (AvgIpc) is 1.90. The van der Waals surface area contributed by atoms with Crippen LogP contribution in [0.3, 0.4) is 0 Å². The summed E-state index contributed by atoms with van der Waals surface area (Å²) in [5, 5.41) is 8.38. The number of hydrogen-bond acceptors (Lipinski definition) is 2. The van der Waals surface area contributed by atoms with Crippen molar-refractivity contribution in [2.45, 2.75) is 18.7 Å². The lowest BCUT2D eigenvalue weighted by Crippen LogP contribution is -2.31. The van der Waals surface area contributed by atoms with Crippen LogP contribution >= 0.6 is 15.9 Å². The Morgan fingerprint density at radius 1 is 1.90 bits per heavy atom. The fraction of sp³-hybridized carbons (Fsp3) is 0.667. The number of nitrogens with zero attached hydrogens (tertiary/aromatic N) is 2. The molecule has 56 valence electrons. The van der Waals surface area contributed by atoms with E-state index < -0.39 is 0 Å². The first kappa shape index (κ1) is 9.44. The third-order valence-corrected chi connectivity index (χ3v) is 1.43. The summed E-state index contributed by atoms with van der Waals surface area (Å²) in [6.45, 7) is 3.89. The van der Waals surface area contributed by atoms with Crippen molar-refractivity contribution in [2.75, 3.05) is 6.54 Å². The molecule has 10 heavy (non-hydrogen) atoms. The smallest absolute Gasteiger partial charge is 0.249 e. The summed E-state index contributed by atoms with van der Waals surface area (Å²) >= 11 is 3.08. The Bertz CT molecular complexity index is 162. The maximum Gasteiger partial charge on any atom is 0.249 e. The van der Waals surface area contributed by atoms with E-state index >= 15 is 0 Å². The number of hydrogen-bond donors (Lipinski definition) is 0. The van der Waals surface area contributed by atoms with Gasteiger partial charge in [0.1, 0.15) is 0 Å². The summed E-state index contributed by atoms with van der Waals surface area (Å²) in [6, 6.07) is 0. The van der Waals surface area contributed by atoms with E-state index in [9.17, 15) is 4.79 Å². The molecule has 0 radical (unpaired) electrons. The van der Waals surface area contributed by atoms with Crippen LogP contribution in [-0.2, 0) is 4.79 Å². The first-order chi connectivity index (χ1) is 4.63. The molecule has 0 spiro atoms. The highest BCUT2D eigenvalue weighted by molar-refractivity contribution is 9.10. The third-order valence-electron chi connectivity index (χ3n) is 1.04. The summed E-state index contributed by atoms with van der Waals surface area (Å²) < 4.78 is 0. The highest BCUT2D eigenvalue weighted by Gasteiger charge is 2.15. The van der Waals surface area contributed by atoms with Crippen LogP contribution in [0.5, 0.6) is 0 Å². The summed E-state index contributed by atoms with van der Waals surface area (Å²) in [6.07, 6.45) is 1.79. The Morgan fingerprint density at radius 2 is 2.40 bits per heavy atom. The summed E-state index contributed by atoms with van der Waals surface area (Å²) in [4.78, 5) is 11.8. The van der Waals surface area contributed by atoms with Crippen LogP contribution in [0.2, 0.25) is 0 Å². The van der Waals surface area contributed by atoms with Gasteiger partial charge in [0.25, 0.3) is 0 Å². The quantitative estimate of drug-likeness (QED) is 0.385. The van der Waals surface area contributed by atoms with Gasteiger partial charge in [-0.1, -0.05) is 15.9 Å². The minimum atomic E-state index is -0.271. The molecule has 0 bridgehead atoms. The Labute approximate surface area is 68.7 Å². The van der Waals surface area contributed by atoms with Crippen molar-refractivity contribution in [1.82, 2.24) is 4.90 Å². The van der Waals surface area contributed by atoms with Gasteiger partial charge in [-0.25, -0.2) is 4.90 Å². The number of halogens is 1. The fourth-order valence-corrected chi connectivity index (χ4v) is 0.738. The molecule has 0 aliphatic carbocycles. The minimum Gasteiger partial charge on any atom is -0.272 e. The standard InChI is InChI=1S/C6H9BrN2O/c1-3-9(4-8)6(10)5(2)7/h5H,3H2,1-2H3. The van der Waals surface area contributed by atoms with Gasteiger partial charge in [-0.05, 0) is 13.8 Å². The van der Waals surface area contributed by atoms with Gasteiger partial charge in [0.15, 0.2) is 6.19 Å². The zero-order valence-electron chi connectivity index (χ0n) is 5.97. The van der Waals surface area contributed by atoms with Crippen LogP contribution in [0.4, 0.5) is 0 Å². The Kier molecular flexibility index (Phi) is 4.05. The summed E-state index contributed by atoms with van der Waals surface area (Å²) in [7, 11) is 0. The van der Waals surface area contributed by atoms with E-state index in [2.05, 4.69) is 15.9 Å². The second kappa shape index (κ2) is 4.29. The van der Waals surface area contributed by atoms with Crippen molar-refractivity contribution in [1.29, 1.82) is 5.26 Å². The van der Waals surface area contributed by atoms with Crippen LogP contribution in [0.25, 0.3) is 0 Å². The molecule has 0 aliphatic rings. The van der Waals surface area contributed by atoms with E-state index in [0.717, 1.165) is 4.90 Å². The number of carbonyl (C=O) groups excluding carboxylic acids is 1.